The lowest BCUT2D eigenvalue weighted by molar-refractivity contribution is 0.416. The molecule has 0 heterocycles. The van der Waals surface area contributed by atoms with Gasteiger partial charge in [-0.15, -0.1) is 0 Å². The Kier molecular flexibility index (Phi) is 3.57. The summed E-state index contributed by atoms with van der Waals surface area (Å²) in [6.45, 7) is 4.12. The van der Waals surface area contributed by atoms with Crippen molar-refractivity contribution in [2.24, 2.45) is 0 Å². The third kappa shape index (κ3) is 2.08. The summed E-state index contributed by atoms with van der Waals surface area (Å²) in [5.41, 5.74) is 7.82. The molecule has 0 radical (unpaired) electrons. The number of para-hydroxylation sites is 1. The van der Waals surface area contributed by atoms with Crippen molar-refractivity contribution in [3.05, 3.63) is 35.9 Å². The van der Waals surface area contributed by atoms with Crippen molar-refractivity contribution in [2.75, 3.05) is 12.8 Å². The van der Waals surface area contributed by atoms with Gasteiger partial charge in [0.15, 0.2) is 0 Å². The molecule has 2 nitrogen and oxygen atoms in total. The summed E-state index contributed by atoms with van der Waals surface area (Å²) in [7, 11) is 1.63. The smallest absolute Gasteiger partial charge is 0.142 e. The number of nitrogen functional groups attached to an aromatic ring is 1. The molecule has 0 aliphatic heterocycles. The molecule has 1 aromatic carbocycles. The van der Waals surface area contributed by atoms with Gasteiger partial charge in [-0.3, -0.25) is 0 Å². The lowest BCUT2D eigenvalue weighted by Crippen LogP contribution is -1.99. The minimum absolute atomic E-state index is 0.329. The van der Waals surface area contributed by atoms with Gasteiger partial charge in [0.05, 0.1) is 12.8 Å². The Hall–Kier alpha value is -1.44. The first-order chi connectivity index (χ1) is 6.70. The number of benzene rings is 1. The van der Waals surface area contributed by atoms with Gasteiger partial charge in [-0.2, -0.15) is 0 Å². The van der Waals surface area contributed by atoms with Crippen molar-refractivity contribution in [2.45, 2.75) is 19.8 Å². The highest BCUT2D eigenvalue weighted by Crippen LogP contribution is 2.30. The van der Waals surface area contributed by atoms with Crippen LogP contribution in [0.1, 0.15) is 25.3 Å². The molecule has 1 unspecified atom stereocenters. The van der Waals surface area contributed by atoms with Crippen molar-refractivity contribution in [3.63, 3.8) is 0 Å². The topological polar surface area (TPSA) is 35.2 Å². The van der Waals surface area contributed by atoms with Crippen LogP contribution in [0.4, 0.5) is 5.69 Å². The highest BCUT2D eigenvalue weighted by atomic mass is 16.5. The van der Waals surface area contributed by atoms with E-state index < -0.39 is 0 Å². The van der Waals surface area contributed by atoms with E-state index in [1.807, 2.05) is 31.2 Å². The molecule has 0 bridgehead atoms. The van der Waals surface area contributed by atoms with E-state index in [2.05, 4.69) is 13.0 Å². The summed E-state index contributed by atoms with van der Waals surface area (Å²) in [6, 6.07) is 5.87. The van der Waals surface area contributed by atoms with Gasteiger partial charge >= 0.3 is 0 Å². The fourth-order valence-corrected chi connectivity index (χ4v) is 1.53. The number of allylic oxidation sites excluding steroid dienone is 2. The van der Waals surface area contributed by atoms with Crippen molar-refractivity contribution in [1.29, 1.82) is 0 Å². The maximum absolute atomic E-state index is 5.97. The van der Waals surface area contributed by atoms with Crippen LogP contribution < -0.4 is 10.5 Å². The van der Waals surface area contributed by atoms with Crippen LogP contribution >= 0.6 is 0 Å². The minimum atomic E-state index is 0.329. The second kappa shape index (κ2) is 4.70. The van der Waals surface area contributed by atoms with E-state index in [1.165, 1.54) is 0 Å². The SMILES string of the molecule is C/C=C/C(C)c1cccc(OC)c1N. The van der Waals surface area contributed by atoms with Gasteiger partial charge in [0.25, 0.3) is 0 Å². The standard InChI is InChI=1S/C12H17NO/c1-4-6-9(2)10-7-5-8-11(14-3)12(10)13/h4-9H,13H2,1-3H3/b6-4+. The Balaban J connectivity index is 3.08. The number of hydrogen-bond donors (Lipinski definition) is 1. The second-order valence-corrected chi connectivity index (χ2v) is 3.28. The summed E-state index contributed by atoms with van der Waals surface area (Å²) < 4.78 is 5.16. The zero-order valence-electron chi connectivity index (χ0n) is 8.95. The molecule has 2 N–H and O–H groups in total. The van der Waals surface area contributed by atoms with Crippen LogP contribution in [0.5, 0.6) is 5.75 Å². The van der Waals surface area contributed by atoms with E-state index in [0.29, 0.717) is 5.92 Å². The molecule has 14 heavy (non-hydrogen) atoms. The Labute approximate surface area is 85.4 Å². The molecule has 0 saturated heterocycles. The van der Waals surface area contributed by atoms with Crippen LogP contribution in [0.25, 0.3) is 0 Å². The normalized spacial score (nSPS) is 13.1. The largest absolute Gasteiger partial charge is 0.495 e. The maximum Gasteiger partial charge on any atom is 0.142 e. The molecule has 0 fully saturated rings. The Bertz CT molecular complexity index is 331. The molecule has 76 valence electrons. The molecule has 0 amide bonds. The molecule has 1 aromatic rings. The van der Waals surface area contributed by atoms with Crippen LogP contribution in [0, 0.1) is 0 Å². The number of methoxy groups -OCH3 is 1. The number of anilines is 1. The molecule has 0 saturated carbocycles. The summed E-state index contributed by atoms with van der Waals surface area (Å²) in [5, 5.41) is 0. The Morgan fingerprint density at radius 3 is 2.71 bits per heavy atom. The highest BCUT2D eigenvalue weighted by Gasteiger charge is 2.08. The molecule has 0 aromatic heterocycles. The molecule has 0 aliphatic carbocycles. The van der Waals surface area contributed by atoms with Gasteiger partial charge < -0.3 is 10.5 Å². The van der Waals surface area contributed by atoms with Crippen LogP contribution in [0.15, 0.2) is 30.4 Å². The first-order valence-electron chi connectivity index (χ1n) is 4.76. The number of ether oxygens (including phenoxy) is 1. The lowest BCUT2D eigenvalue weighted by atomic mass is 9.98. The van der Waals surface area contributed by atoms with Gasteiger partial charge in [0, 0.05) is 5.92 Å². The first-order valence-corrected chi connectivity index (χ1v) is 4.76. The van der Waals surface area contributed by atoms with Crippen molar-refractivity contribution in [3.8, 4) is 5.75 Å². The van der Waals surface area contributed by atoms with E-state index in [-0.39, 0.29) is 0 Å². The number of hydrogen-bond acceptors (Lipinski definition) is 2. The van der Waals surface area contributed by atoms with E-state index in [9.17, 15) is 0 Å². The number of nitrogens with two attached hydrogens (primary N) is 1. The van der Waals surface area contributed by atoms with Crippen LogP contribution in [0.3, 0.4) is 0 Å². The van der Waals surface area contributed by atoms with Crippen LogP contribution in [0.2, 0.25) is 0 Å². The lowest BCUT2D eigenvalue weighted by Gasteiger charge is -2.13. The van der Waals surface area contributed by atoms with Gasteiger partial charge in [-0.05, 0) is 18.6 Å². The van der Waals surface area contributed by atoms with Crippen molar-refractivity contribution >= 4 is 5.69 Å². The van der Waals surface area contributed by atoms with Gasteiger partial charge in [0.1, 0.15) is 5.75 Å². The van der Waals surface area contributed by atoms with E-state index in [1.54, 1.807) is 7.11 Å². The fraction of sp³-hybridized carbons (Fsp3) is 0.333. The molecular formula is C12H17NO. The number of rotatable bonds is 3. The third-order valence-corrected chi connectivity index (χ3v) is 2.29. The minimum Gasteiger partial charge on any atom is -0.495 e. The van der Waals surface area contributed by atoms with Crippen LogP contribution in [-0.2, 0) is 0 Å². The van der Waals surface area contributed by atoms with E-state index >= 15 is 0 Å². The molecule has 2 heteroatoms. The van der Waals surface area contributed by atoms with Crippen LogP contribution in [-0.4, -0.2) is 7.11 Å². The highest BCUT2D eigenvalue weighted by molar-refractivity contribution is 5.60. The summed E-state index contributed by atoms with van der Waals surface area (Å²) in [4.78, 5) is 0. The Morgan fingerprint density at radius 1 is 1.43 bits per heavy atom. The van der Waals surface area contributed by atoms with E-state index in [4.69, 9.17) is 10.5 Å². The molecule has 1 atom stereocenters. The maximum atomic E-state index is 5.97. The van der Waals surface area contributed by atoms with Gasteiger partial charge in [-0.1, -0.05) is 31.2 Å². The molecule has 0 spiro atoms. The van der Waals surface area contributed by atoms with Crippen molar-refractivity contribution in [1.82, 2.24) is 0 Å². The predicted octanol–water partition coefficient (Wildman–Crippen LogP) is 2.96. The first kappa shape index (κ1) is 10.6. The average molecular weight is 191 g/mol. The zero-order valence-corrected chi connectivity index (χ0v) is 8.95. The predicted molar refractivity (Wildman–Crippen MR) is 60.6 cm³/mol. The third-order valence-electron chi connectivity index (χ3n) is 2.29. The summed E-state index contributed by atoms with van der Waals surface area (Å²) in [6.07, 6.45) is 4.15. The molecule has 0 aliphatic rings. The Morgan fingerprint density at radius 2 is 2.14 bits per heavy atom. The zero-order chi connectivity index (χ0) is 10.6. The van der Waals surface area contributed by atoms with Gasteiger partial charge in [0.2, 0.25) is 0 Å². The van der Waals surface area contributed by atoms with Crippen molar-refractivity contribution < 1.29 is 4.74 Å². The second-order valence-electron chi connectivity index (χ2n) is 3.28. The molecule has 1 rings (SSSR count). The fourth-order valence-electron chi connectivity index (χ4n) is 1.53. The molecular weight excluding hydrogens is 174 g/mol. The summed E-state index contributed by atoms with van der Waals surface area (Å²) in [5.74, 6) is 1.08. The summed E-state index contributed by atoms with van der Waals surface area (Å²) >= 11 is 0. The van der Waals surface area contributed by atoms with E-state index in [0.717, 1.165) is 17.0 Å². The average Bonchev–Trinajstić information content (AvgIpc) is 2.18. The monoisotopic (exact) mass is 191 g/mol. The quantitative estimate of drug-likeness (QED) is 0.589. The van der Waals surface area contributed by atoms with Gasteiger partial charge in [-0.25, -0.2) is 0 Å².